The summed E-state index contributed by atoms with van der Waals surface area (Å²) in [4.78, 5) is 16.2. The third-order valence-electron chi connectivity index (χ3n) is 2.23. The molecule has 0 radical (unpaired) electrons. The van der Waals surface area contributed by atoms with Gasteiger partial charge in [0.25, 0.3) is 0 Å². The highest BCUT2D eigenvalue weighted by atomic mass is 16.8. The number of hydrogen-bond acceptors (Lipinski definition) is 5. The Balaban J connectivity index is 2.16. The summed E-state index contributed by atoms with van der Waals surface area (Å²) in [5.74, 6) is 0.287. The molecule has 1 aliphatic rings. The lowest BCUT2D eigenvalue weighted by atomic mass is 10.1. The Bertz CT molecular complexity index is 427. The standard InChI is InChI=1S/C12H13NO4/c1-2-15-12(14)17-11-10(8-16-13-11)9-6-4-3-5-7-9/h3-7,13H,2,8H2,1H3. The Kier molecular flexibility index (Phi) is 3.62. The molecule has 0 spiro atoms. The first-order valence-electron chi connectivity index (χ1n) is 5.32. The number of carbonyl (C=O) groups excluding carboxylic acids is 1. The van der Waals surface area contributed by atoms with Gasteiger partial charge < -0.3 is 9.47 Å². The molecule has 90 valence electrons. The van der Waals surface area contributed by atoms with Crippen molar-refractivity contribution in [2.24, 2.45) is 0 Å². The molecule has 1 heterocycles. The fourth-order valence-electron chi connectivity index (χ4n) is 1.47. The van der Waals surface area contributed by atoms with Gasteiger partial charge in [-0.25, -0.2) is 10.3 Å². The van der Waals surface area contributed by atoms with E-state index in [4.69, 9.17) is 14.3 Å². The fraction of sp³-hybridized carbons (Fsp3) is 0.250. The average Bonchev–Trinajstić information content (AvgIpc) is 2.78. The Hall–Kier alpha value is -2.01. The van der Waals surface area contributed by atoms with E-state index in [1.807, 2.05) is 30.3 Å². The lowest BCUT2D eigenvalue weighted by molar-refractivity contribution is 0.0415. The molecule has 5 nitrogen and oxygen atoms in total. The normalized spacial score (nSPS) is 14.4. The second-order valence-electron chi connectivity index (χ2n) is 3.35. The summed E-state index contributed by atoms with van der Waals surface area (Å²) in [7, 11) is 0. The zero-order chi connectivity index (χ0) is 12.1. The van der Waals surface area contributed by atoms with Crippen LogP contribution in [-0.2, 0) is 14.3 Å². The maximum atomic E-state index is 11.2. The summed E-state index contributed by atoms with van der Waals surface area (Å²) in [5, 5.41) is 0. The van der Waals surface area contributed by atoms with Crippen LogP contribution in [0.15, 0.2) is 36.2 Å². The molecule has 1 N–H and O–H groups in total. The molecule has 0 aliphatic carbocycles. The van der Waals surface area contributed by atoms with Crippen LogP contribution in [0.25, 0.3) is 5.57 Å². The summed E-state index contributed by atoms with van der Waals surface area (Å²) < 4.78 is 9.70. The van der Waals surface area contributed by atoms with Gasteiger partial charge in [-0.1, -0.05) is 30.3 Å². The number of hydrogen-bond donors (Lipinski definition) is 1. The molecule has 0 unspecified atom stereocenters. The monoisotopic (exact) mass is 235 g/mol. The van der Waals surface area contributed by atoms with Crippen LogP contribution in [0.4, 0.5) is 4.79 Å². The third-order valence-corrected chi connectivity index (χ3v) is 2.23. The van der Waals surface area contributed by atoms with Gasteiger partial charge in [0, 0.05) is 0 Å². The molecule has 0 bridgehead atoms. The Morgan fingerprint density at radius 2 is 2.18 bits per heavy atom. The molecule has 0 saturated carbocycles. The van der Waals surface area contributed by atoms with Crippen LogP contribution in [0.1, 0.15) is 12.5 Å². The van der Waals surface area contributed by atoms with Gasteiger partial charge in [-0.05, 0) is 12.5 Å². The lowest BCUT2D eigenvalue weighted by Gasteiger charge is -2.06. The molecule has 1 aromatic rings. The van der Waals surface area contributed by atoms with Crippen LogP contribution in [0.5, 0.6) is 0 Å². The highest BCUT2D eigenvalue weighted by molar-refractivity contribution is 5.72. The van der Waals surface area contributed by atoms with Crippen LogP contribution in [-0.4, -0.2) is 19.4 Å². The number of benzene rings is 1. The zero-order valence-corrected chi connectivity index (χ0v) is 9.43. The van der Waals surface area contributed by atoms with E-state index < -0.39 is 6.16 Å². The highest BCUT2D eigenvalue weighted by Crippen LogP contribution is 2.22. The number of hydroxylamine groups is 1. The first-order valence-corrected chi connectivity index (χ1v) is 5.32. The first kappa shape index (κ1) is 11.5. The number of ether oxygens (including phenoxy) is 2. The number of carbonyl (C=O) groups is 1. The minimum absolute atomic E-state index is 0.271. The van der Waals surface area contributed by atoms with Crippen LogP contribution in [0.2, 0.25) is 0 Å². The summed E-state index contributed by atoms with van der Waals surface area (Å²) >= 11 is 0. The van der Waals surface area contributed by atoms with Crippen molar-refractivity contribution in [2.45, 2.75) is 6.92 Å². The molecule has 0 atom stereocenters. The van der Waals surface area contributed by atoms with Gasteiger partial charge in [-0.3, -0.25) is 4.84 Å². The molecular weight excluding hydrogens is 222 g/mol. The van der Waals surface area contributed by atoms with Crippen molar-refractivity contribution in [3.63, 3.8) is 0 Å². The van der Waals surface area contributed by atoms with E-state index in [0.717, 1.165) is 11.1 Å². The van der Waals surface area contributed by atoms with Gasteiger partial charge in [0.1, 0.15) is 6.61 Å². The number of rotatable bonds is 3. The predicted octanol–water partition coefficient (Wildman–Crippen LogP) is 2.06. The van der Waals surface area contributed by atoms with Gasteiger partial charge in [0.15, 0.2) is 0 Å². The predicted molar refractivity (Wildman–Crippen MR) is 60.6 cm³/mol. The number of nitrogens with one attached hydrogen (secondary N) is 1. The molecule has 0 aromatic heterocycles. The van der Waals surface area contributed by atoms with Gasteiger partial charge in [0.05, 0.1) is 12.2 Å². The maximum absolute atomic E-state index is 11.2. The topological polar surface area (TPSA) is 56.8 Å². The molecule has 1 aliphatic heterocycles. The zero-order valence-electron chi connectivity index (χ0n) is 9.43. The van der Waals surface area contributed by atoms with Crippen LogP contribution in [0.3, 0.4) is 0 Å². The summed E-state index contributed by atoms with van der Waals surface area (Å²) in [6.07, 6.45) is -0.742. The molecule has 0 saturated heterocycles. The first-order chi connectivity index (χ1) is 8.31. The summed E-state index contributed by atoms with van der Waals surface area (Å²) in [6, 6.07) is 9.56. The Morgan fingerprint density at radius 1 is 1.41 bits per heavy atom. The molecular formula is C12H13NO4. The van der Waals surface area contributed by atoms with Crippen LogP contribution >= 0.6 is 0 Å². The second-order valence-corrected chi connectivity index (χ2v) is 3.35. The minimum Gasteiger partial charge on any atom is -0.434 e. The maximum Gasteiger partial charge on any atom is 0.515 e. The third kappa shape index (κ3) is 2.76. The van der Waals surface area contributed by atoms with E-state index in [9.17, 15) is 4.79 Å². The second kappa shape index (κ2) is 5.36. The van der Waals surface area contributed by atoms with Crippen LogP contribution < -0.4 is 5.48 Å². The van der Waals surface area contributed by atoms with Gasteiger partial charge in [0.2, 0.25) is 5.88 Å². The molecule has 17 heavy (non-hydrogen) atoms. The highest BCUT2D eigenvalue weighted by Gasteiger charge is 2.21. The molecule has 1 aromatic carbocycles. The fourth-order valence-corrected chi connectivity index (χ4v) is 1.47. The van der Waals surface area contributed by atoms with Crippen molar-refractivity contribution in [1.29, 1.82) is 0 Å². The minimum atomic E-state index is -0.742. The largest absolute Gasteiger partial charge is 0.515 e. The molecule has 0 amide bonds. The van der Waals surface area contributed by atoms with E-state index in [2.05, 4.69) is 5.48 Å². The van der Waals surface area contributed by atoms with Crippen molar-refractivity contribution < 1.29 is 19.1 Å². The van der Waals surface area contributed by atoms with Gasteiger partial charge >= 0.3 is 6.16 Å². The van der Waals surface area contributed by atoms with Crippen molar-refractivity contribution >= 4 is 11.7 Å². The van der Waals surface area contributed by atoms with E-state index in [1.165, 1.54) is 0 Å². The van der Waals surface area contributed by atoms with Crippen molar-refractivity contribution in [1.82, 2.24) is 5.48 Å². The molecule has 5 heteroatoms. The molecule has 0 fully saturated rings. The Labute approximate surface area is 98.9 Å². The van der Waals surface area contributed by atoms with Gasteiger partial charge in [-0.15, -0.1) is 0 Å². The average molecular weight is 235 g/mol. The summed E-state index contributed by atoms with van der Waals surface area (Å²) in [5.41, 5.74) is 4.28. The van der Waals surface area contributed by atoms with E-state index in [1.54, 1.807) is 6.92 Å². The van der Waals surface area contributed by atoms with Crippen molar-refractivity contribution in [2.75, 3.05) is 13.2 Å². The quantitative estimate of drug-likeness (QED) is 0.813. The van der Waals surface area contributed by atoms with Gasteiger partial charge in [-0.2, -0.15) is 0 Å². The van der Waals surface area contributed by atoms with Crippen LogP contribution in [0, 0.1) is 0 Å². The smallest absolute Gasteiger partial charge is 0.434 e. The van der Waals surface area contributed by atoms with Crippen molar-refractivity contribution in [3.05, 3.63) is 41.8 Å². The van der Waals surface area contributed by atoms with E-state index in [-0.39, 0.29) is 12.5 Å². The molecule has 2 rings (SSSR count). The van der Waals surface area contributed by atoms with E-state index in [0.29, 0.717) is 6.61 Å². The SMILES string of the molecule is CCOC(=O)OC1=C(c2ccccc2)CON1. The summed E-state index contributed by atoms with van der Waals surface area (Å²) in [6.45, 7) is 2.33. The Morgan fingerprint density at radius 3 is 2.88 bits per heavy atom. The van der Waals surface area contributed by atoms with Crippen molar-refractivity contribution in [3.8, 4) is 0 Å². The lowest BCUT2D eigenvalue weighted by Crippen LogP contribution is -2.14. The van der Waals surface area contributed by atoms with E-state index >= 15 is 0 Å².